The van der Waals surface area contributed by atoms with Gasteiger partial charge in [0.25, 0.3) is 0 Å². The molecule has 6 nitrogen and oxygen atoms in total. The van der Waals surface area contributed by atoms with E-state index in [-0.39, 0.29) is 5.91 Å². The second-order valence-corrected chi connectivity index (χ2v) is 10.2. The van der Waals surface area contributed by atoms with Gasteiger partial charge in [0.1, 0.15) is 5.82 Å². The molecule has 2 aliphatic rings. The molecule has 1 saturated heterocycles. The van der Waals surface area contributed by atoms with Crippen LogP contribution in [-0.4, -0.2) is 56.7 Å². The number of para-hydroxylation sites is 1. The number of aromatic nitrogens is 3. The van der Waals surface area contributed by atoms with E-state index in [0.717, 1.165) is 55.1 Å². The molecule has 0 saturated carbocycles. The minimum atomic E-state index is 0.123. The molecule has 1 amide bonds. The van der Waals surface area contributed by atoms with E-state index in [1.807, 2.05) is 40.9 Å². The number of anilines is 1. The van der Waals surface area contributed by atoms with Gasteiger partial charge >= 0.3 is 0 Å². The van der Waals surface area contributed by atoms with Crippen molar-refractivity contribution in [2.75, 3.05) is 36.0 Å². The van der Waals surface area contributed by atoms with Crippen LogP contribution in [0, 0.1) is 0 Å². The van der Waals surface area contributed by atoms with E-state index in [0.29, 0.717) is 5.75 Å². The van der Waals surface area contributed by atoms with Gasteiger partial charge in [-0.15, -0.1) is 22.0 Å². The highest BCUT2D eigenvalue weighted by atomic mass is 32.2. The van der Waals surface area contributed by atoms with Gasteiger partial charge < -0.3 is 9.47 Å². The minimum absolute atomic E-state index is 0.123. The van der Waals surface area contributed by atoms with Gasteiger partial charge in [-0.3, -0.25) is 9.69 Å². The van der Waals surface area contributed by atoms with Crippen LogP contribution >= 0.6 is 23.5 Å². The van der Waals surface area contributed by atoms with Crippen LogP contribution in [-0.2, 0) is 17.9 Å². The van der Waals surface area contributed by atoms with Gasteiger partial charge in [-0.1, -0.05) is 54.2 Å². The summed E-state index contributed by atoms with van der Waals surface area (Å²) in [7, 11) is 0. The van der Waals surface area contributed by atoms with E-state index in [1.54, 1.807) is 0 Å². The Labute approximate surface area is 197 Å². The summed E-state index contributed by atoms with van der Waals surface area (Å²) in [6, 6.07) is 18.6. The topological polar surface area (TPSA) is 54.3 Å². The number of likely N-dealkylation sites (tertiary alicyclic amines) is 1. The predicted molar refractivity (Wildman–Crippen MR) is 130 cm³/mol. The zero-order valence-electron chi connectivity index (χ0n) is 18.0. The van der Waals surface area contributed by atoms with Crippen molar-refractivity contribution in [1.82, 2.24) is 19.7 Å². The Morgan fingerprint density at radius 2 is 1.72 bits per heavy atom. The second-order valence-electron chi connectivity index (χ2n) is 8.10. The summed E-state index contributed by atoms with van der Waals surface area (Å²) in [6.07, 6.45) is 2.50. The summed E-state index contributed by atoms with van der Waals surface area (Å²) in [5, 5.41) is 9.83. The van der Waals surface area contributed by atoms with Crippen LogP contribution in [0.3, 0.4) is 0 Å². The smallest absolute Gasteiger partial charge is 0.237 e. The van der Waals surface area contributed by atoms with Gasteiger partial charge in [0.15, 0.2) is 5.16 Å². The summed E-state index contributed by atoms with van der Waals surface area (Å²) in [6.45, 7) is 4.51. The number of carbonyl (C=O) groups excluding carboxylic acids is 1. The molecule has 0 N–H and O–H groups in total. The Bertz CT molecular complexity index is 1070. The van der Waals surface area contributed by atoms with Crippen molar-refractivity contribution in [2.45, 2.75) is 36.0 Å². The van der Waals surface area contributed by atoms with Crippen LogP contribution in [0.2, 0.25) is 0 Å². The summed E-state index contributed by atoms with van der Waals surface area (Å²) < 4.78 is 2.19. The summed E-state index contributed by atoms with van der Waals surface area (Å²) in [4.78, 5) is 18.7. The molecule has 32 heavy (non-hydrogen) atoms. The van der Waals surface area contributed by atoms with E-state index < -0.39 is 0 Å². The lowest BCUT2D eigenvalue weighted by atomic mass is 10.2. The van der Waals surface area contributed by atoms with Crippen molar-refractivity contribution >= 4 is 35.1 Å². The number of hydrogen-bond acceptors (Lipinski definition) is 6. The molecule has 5 rings (SSSR count). The third-order valence-electron chi connectivity index (χ3n) is 5.89. The van der Waals surface area contributed by atoms with Gasteiger partial charge in [0, 0.05) is 17.2 Å². The standard InChI is InChI=1S/C24H27N5OS2/c30-23(28-14-15-31-21-11-5-4-10-20(21)28)18-32-24-26-25-22(17-27-12-6-7-13-27)29(24)16-19-8-2-1-3-9-19/h1-5,8-11H,6-7,12-18H2. The molecule has 3 aromatic rings. The maximum Gasteiger partial charge on any atom is 0.237 e. The fourth-order valence-electron chi connectivity index (χ4n) is 4.24. The molecule has 0 bridgehead atoms. The molecule has 0 spiro atoms. The molecular weight excluding hydrogens is 438 g/mol. The SMILES string of the molecule is O=C(CSc1nnc(CN2CCCC2)n1Cc1ccccc1)N1CCSc2ccccc21. The van der Waals surface area contributed by atoms with Gasteiger partial charge in [0.2, 0.25) is 5.91 Å². The van der Waals surface area contributed by atoms with Crippen LogP contribution in [0.25, 0.3) is 0 Å². The number of benzene rings is 2. The van der Waals surface area contributed by atoms with Crippen molar-refractivity contribution in [1.29, 1.82) is 0 Å². The quantitative estimate of drug-likeness (QED) is 0.489. The van der Waals surface area contributed by atoms with Crippen LogP contribution in [0.1, 0.15) is 24.2 Å². The molecule has 166 valence electrons. The molecule has 0 aliphatic carbocycles. The molecule has 1 fully saturated rings. The van der Waals surface area contributed by atoms with Crippen LogP contribution in [0.5, 0.6) is 0 Å². The highest BCUT2D eigenvalue weighted by Crippen LogP contribution is 2.35. The maximum atomic E-state index is 13.1. The Balaban J connectivity index is 1.32. The first kappa shape index (κ1) is 21.6. The Hall–Kier alpha value is -2.29. The highest BCUT2D eigenvalue weighted by Gasteiger charge is 2.24. The average Bonchev–Trinajstić information content (AvgIpc) is 3.48. The number of hydrogen-bond donors (Lipinski definition) is 0. The van der Waals surface area contributed by atoms with Crippen LogP contribution in [0.4, 0.5) is 5.69 Å². The first-order valence-electron chi connectivity index (χ1n) is 11.1. The van der Waals surface area contributed by atoms with E-state index >= 15 is 0 Å². The molecule has 0 atom stereocenters. The van der Waals surface area contributed by atoms with Gasteiger partial charge in [0.05, 0.1) is 24.5 Å². The summed E-state index contributed by atoms with van der Waals surface area (Å²) in [5.41, 5.74) is 2.24. The number of nitrogens with zero attached hydrogens (tertiary/aromatic N) is 5. The highest BCUT2D eigenvalue weighted by molar-refractivity contribution is 8.00. The number of carbonyl (C=O) groups is 1. The zero-order valence-corrected chi connectivity index (χ0v) is 19.7. The molecule has 0 radical (unpaired) electrons. The van der Waals surface area contributed by atoms with E-state index in [9.17, 15) is 4.79 Å². The first-order valence-corrected chi connectivity index (χ1v) is 13.1. The maximum absolute atomic E-state index is 13.1. The Kier molecular flexibility index (Phi) is 6.80. The van der Waals surface area contributed by atoms with Crippen molar-refractivity contribution in [3.8, 4) is 0 Å². The third-order valence-corrected chi connectivity index (χ3v) is 7.89. The van der Waals surface area contributed by atoms with E-state index in [1.165, 1.54) is 35.1 Å². The molecule has 1 aromatic heterocycles. The lowest BCUT2D eigenvalue weighted by Gasteiger charge is -2.28. The Morgan fingerprint density at radius 1 is 0.938 bits per heavy atom. The second kappa shape index (κ2) is 10.1. The molecule has 8 heteroatoms. The first-order chi connectivity index (χ1) is 15.8. The van der Waals surface area contributed by atoms with Crippen LogP contribution < -0.4 is 4.90 Å². The average molecular weight is 466 g/mol. The molecule has 2 aromatic carbocycles. The normalized spacial score (nSPS) is 16.3. The van der Waals surface area contributed by atoms with Crippen LogP contribution in [0.15, 0.2) is 64.6 Å². The monoisotopic (exact) mass is 465 g/mol. The largest absolute Gasteiger partial charge is 0.310 e. The van der Waals surface area contributed by atoms with E-state index in [4.69, 9.17) is 0 Å². The van der Waals surface area contributed by atoms with Gasteiger partial charge in [-0.05, 0) is 43.6 Å². The zero-order chi connectivity index (χ0) is 21.8. The van der Waals surface area contributed by atoms with Crippen molar-refractivity contribution in [3.63, 3.8) is 0 Å². The van der Waals surface area contributed by atoms with Crippen molar-refractivity contribution in [2.24, 2.45) is 0 Å². The van der Waals surface area contributed by atoms with Gasteiger partial charge in [-0.25, -0.2) is 0 Å². The summed E-state index contributed by atoms with van der Waals surface area (Å²) in [5.74, 6) is 2.39. The molecule has 2 aliphatic heterocycles. The van der Waals surface area contributed by atoms with E-state index in [2.05, 4.69) is 50.0 Å². The lowest BCUT2D eigenvalue weighted by Crippen LogP contribution is -2.36. The lowest BCUT2D eigenvalue weighted by molar-refractivity contribution is -0.116. The third kappa shape index (κ3) is 4.87. The number of rotatable bonds is 7. The van der Waals surface area contributed by atoms with Crippen molar-refractivity contribution in [3.05, 3.63) is 66.0 Å². The molecule has 3 heterocycles. The minimum Gasteiger partial charge on any atom is -0.310 e. The number of fused-ring (bicyclic) bond motifs is 1. The molecular formula is C24H27N5OS2. The fourth-order valence-corrected chi connectivity index (χ4v) is 6.07. The Morgan fingerprint density at radius 3 is 2.56 bits per heavy atom. The van der Waals surface area contributed by atoms with Crippen molar-refractivity contribution < 1.29 is 4.79 Å². The van der Waals surface area contributed by atoms with Gasteiger partial charge in [-0.2, -0.15) is 0 Å². The summed E-state index contributed by atoms with van der Waals surface area (Å²) >= 11 is 3.31. The number of thioether (sulfide) groups is 2. The predicted octanol–water partition coefficient (Wildman–Crippen LogP) is 4.15. The number of amides is 1. The molecule has 0 unspecified atom stereocenters. The fraction of sp³-hybridized carbons (Fsp3) is 0.375.